The average Bonchev–Trinajstić information content (AvgIpc) is 3.72. The molecule has 236 valence electrons. The van der Waals surface area contributed by atoms with Crippen LogP contribution in [0.15, 0.2) is 23.8 Å². The van der Waals surface area contributed by atoms with Gasteiger partial charge in [-0.3, -0.25) is 27.9 Å². The Morgan fingerprint density at radius 1 is 1.05 bits per heavy atom. The fourth-order valence-electron chi connectivity index (χ4n) is 5.78. The topological polar surface area (TPSA) is 243 Å². The van der Waals surface area contributed by atoms with E-state index in [2.05, 4.69) is 42.2 Å². The summed E-state index contributed by atoms with van der Waals surface area (Å²) in [6.07, 6.45) is -2.26. The third kappa shape index (κ3) is 5.44. The van der Waals surface area contributed by atoms with Crippen LogP contribution in [0.1, 0.15) is 25.1 Å². The number of halogens is 1. The Morgan fingerprint density at radius 3 is 2.64 bits per heavy atom. The van der Waals surface area contributed by atoms with Crippen molar-refractivity contribution in [1.82, 2.24) is 39.0 Å². The van der Waals surface area contributed by atoms with E-state index in [4.69, 9.17) is 46.1 Å². The Kier molecular flexibility index (Phi) is 7.55. The molecule has 0 bridgehead atoms. The number of ether oxygens (including phenoxy) is 1. The van der Waals surface area contributed by atoms with Gasteiger partial charge in [-0.2, -0.15) is 4.98 Å². The van der Waals surface area contributed by atoms with Crippen molar-refractivity contribution >= 4 is 71.7 Å². The summed E-state index contributed by atoms with van der Waals surface area (Å²) in [5, 5.41) is 0. The predicted octanol–water partition coefficient (Wildman–Crippen LogP) is 1.38. The number of fused-ring (bicyclic) bond motifs is 4. The zero-order valence-corrected chi connectivity index (χ0v) is 25.8. The maximum Gasteiger partial charge on any atom is 0.386 e. The molecule has 44 heavy (non-hydrogen) atoms. The van der Waals surface area contributed by atoms with Crippen molar-refractivity contribution in [3.05, 3.63) is 29.3 Å². The lowest BCUT2D eigenvalue weighted by molar-refractivity contribution is -0.0445. The van der Waals surface area contributed by atoms with Gasteiger partial charge in [-0.1, -0.05) is 12.2 Å². The molecule has 6 N–H and O–H groups in total. The lowest BCUT2D eigenvalue weighted by Gasteiger charge is -2.29. The molecule has 7 rings (SSSR count). The number of nitrogens with one attached hydrogen (secondary N) is 1. The molecule has 3 aliphatic rings. The van der Waals surface area contributed by atoms with E-state index in [9.17, 15) is 14.3 Å². The summed E-state index contributed by atoms with van der Waals surface area (Å²) in [4.78, 5) is 46.1. The van der Waals surface area contributed by atoms with Crippen LogP contribution in [0, 0.1) is 5.92 Å². The van der Waals surface area contributed by atoms with Gasteiger partial charge in [-0.15, -0.1) is 0 Å². The number of H-pyrrole nitrogens is 1. The molecule has 1 aliphatic carbocycles. The number of aromatic amines is 1. The molecule has 4 aromatic rings. The SMILES string of the molecule is Nc1nc2c(ncn2[C@@H]2CC3COP(O)(=S)OC4C(COP(=O)(S)O[C@@H]3C2)OC(n2cnc3c(N)ncnc32)C4F)c(=O)[nH]1. The minimum Gasteiger partial charge on any atom is -0.382 e. The zero-order valence-electron chi connectivity index (χ0n) is 22.3. The summed E-state index contributed by atoms with van der Waals surface area (Å²) < 4.78 is 61.0. The third-order valence-corrected chi connectivity index (χ3v) is 11.0. The summed E-state index contributed by atoms with van der Waals surface area (Å²) in [7, 11) is 0. The van der Waals surface area contributed by atoms with Gasteiger partial charge < -0.3 is 30.2 Å². The van der Waals surface area contributed by atoms with Gasteiger partial charge in [0, 0.05) is 12.0 Å². The minimum absolute atomic E-state index is 0.0838. The summed E-state index contributed by atoms with van der Waals surface area (Å²) in [5.41, 5.74) is 11.9. The second-order valence-electron chi connectivity index (χ2n) is 10.5. The molecule has 3 fully saturated rings. The zero-order chi connectivity index (χ0) is 31.0. The summed E-state index contributed by atoms with van der Waals surface area (Å²) in [6, 6.07) is -0.357. The molecular weight excluding hydrogens is 665 g/mol. The molecule has 0 radical (unpaired) electrons. The molecule has 18 nitrogen and oxygen atoms in total. The summed E-state index contributed by atoms with van der Waals surface area (Å²) in [6.45, 7) is -8.84. The monoisotopic (exact) mass is 690 g/mol. The largest absolute Gasteiger partial charge is 0.386 e. The van der Waals surface area contributed by atoms with Crippen LogP contribution in [0.25, 0.3) is 22.3 Å². The van der Waals surface area contributed by atoms with Gasteiger partial charge in [0.15, 0.2) is 35.0 Å². The van der Waals surface area contributed by atoms with E-state index >= 15 is 4.39 Å². The molecule has 6 heterocycles. The first kappa shape index (κ1) is 30.1. The number of nitrogens with zero attached hydrogens (tertiary/aromatic N) is 7. The fraction of sp³-hybridized carbons (Fsp3) is 0.524. The number of anilines is 2. The number of hydrogen-bond donors (Lipinski definition) is 5. The summed E-state index contributed by atoms with van der Waals surface area (Å²) >= 11 is 9.41. The van der Waals surface area contributed by atoms with Gasteiger partial charge in [0.05, 0.1) is 32.0 Å². The van der Waals surface area contributed by atoms with E-state index in [1.54, 1.807) is 4.57 Å². The molecule has 0 aromatic carbocycles. The molecular formula is C21H25FN10O8P2S2. The van der Waals surface area contributed by atoms with Crippen LogP contribution in [-0.4, -0.2) is 81.6 Å². The Balaban J connectivity index is 1.15. The highest BCUT2D eigenvalue weighted by atomic mass is 32.7. The van der Waals surface area contributed by atoms with Gasteiger partial charge >= 0.3 is 13.5 Å². The van der Waals surface area contributed by atoms with Crippen LogP contribution >= 0.6 is 25.8 Å². The number of thiol groups is 1. The van der Waals surface area contributed by atoms with Crippen LogP contribution in [-0.2, 0) is 39.2 Å². The van der Waals surface area contributed by atoms with Crippen molar-refractivity contribution in [2.75, 3.05) is 24.7 Å². The van der Waals surface area contributed by atoms with Crippen LogP contribution in [0.3, 0.4) is 0 Å². The van der Waals surface area contributed by atoms with E-state index in [1.165, 1.54) is 23.5 Å². The highest BCUT2D eigenvalue weighted by molar-refractivity contribution is 8.44. The normalized spacial score (nSPS) is 36.6. The number of hydrogen-bond acceptors (Lipinski definition) is 15. The number of imidazole rings is 2. The van der Waals surface area contributed by atoms with E-state index in [-0.39, 0.29) is 53.2 Å². The number of nitrogen functional groups attached to an aromatic ring is 2. The Labute approximate surface area is 256 Å². The van der Waals surface area contributed by atoms with Crippen molar-refractivity contribution in [1.29, 1.82) is 0 Å². The van der Waals surface area contributed by atoms with E-state index < -0.39 is 62.3 Å². The predicted molar refractivity (Wildman–Crippen MR) is 158 cm³/mol. The van der Waals surface area contributed by atoms with Gasteiger partial charge in [0.25, 0.3) is 5.56 Å². The molecule has 0 amide bonds. The summed E-state index contributed by atoms with van der Waals surface area (Å²) in [5.74, 6) is -0.506. The van der Waals surface area contributed by atoms with Crippen LogP contribution < -0.4 is 17.0 Å². The molecule has 7 unspecified atom stereocenters. The van der Waals surface area contributed by atoms with Crippen molar-refractivity contribution in [3.63, 3.8) is 0 Å². The van der Waals surface area contributed by atoms with Gasteiger partial charge in [0.2, 0.25) is 5.95 Å². The van der Waals surface area contributed by atoms with Gasteiger partial charge in [-0.05, 0) is 24.6 Å². The molecule has 23 heteroatoms. The lowest BCUT2D eigenvalue weighted by Crippen LogP contribution is -2.34. The number of alkyl halides is 1. The molecule has 1 saturated carbocycles. The smallest absolute Gasteiger partial charge is 0.382 e. The first-order valence-corrected chi connectivity index (χ1v) is 18.4. The van der Waals surface area contributed by atoms with Crippen molar-refractivity contribution in [2.24, 2.45) is 5.92 Å². The van der Waals surface area contributed by atoms with Crippen LogP contribution in [0.2, 0.25) is 0 Å². The third-order valence-electron chi connectivity index (χ3n) is 7.75. The van der Waals surface area contributed by atoms with Crippen LogP contribution in [0.4, 0.5) is 16.2 Å². The first-order chi connectivity index (χ1) is 20.9. The van der Waals surface area contributed by atoms with Crippen molar-refractivity contribution in [3.8, 4) is 0 Å². The number of nitrogens with two attached hydrogens (primary N) is 2. The quantitative estimate of drug-likeness (QED) is 0.147. The fourth-order valence-corrected chi connectivity index (χ4v) is 8.82. The molecule has 2 saturated heterocycles. The lowest BCUT2D eigenvalue weighted by atomic mass is 10.1. The van der Waals surface area contributed by atoms with E-state index in [0.717, 1.165) is 0 Å². The molecule has 9 atom stereocenters. The first-order valence-electron chi connectivity index (χ1n) is 13.2. The maximum absolute atomic E-state index is 16.0. The van der Waals surface area contributed by atoms with Crippen molar-refractivity contribution in [2.45, 2.75) is 49.6 Å². The van der Waals surface area contributed by atoms with E-state index in [1.807, 2.05) is 0 Å². The van der Waals surface area contributed by atoms with Gasteiger partial charge in [-0.25, -0.2) is 28.9 Å². The standard InChI is InChI=1S/C21H25FN10O8P2S2/c22-12-15-11(38-20(12)32-7-27-13-16(23)25-5-26-17(13)32)4-37-41(34,43)39-10-2-9(1-8(10)3-36-42(35,44)40-15)31-6-28-14-18(31)29-21(24)30-19(14)33/h5-12,15,20H,1-4H2,(H,34,43)(H,35,44)(H2,23,25,26)(H3,24,29,30,33)/t8?,9-,10-,11?,12?,15?,20?,41?,42?/m1/s1. The second kappa shape index (κ2) is 11.0. The second-order valence-corrected chi connectivity index (χ2v) is 16.2. The van der Waals surface area contributed by atoms with Gasteiger partial charge in [0.1, 0.15) is 24.1 Å². The molecule has 2 aliphatic heterocycles. The highest BCUT2D eigenvalue weighted by Gasteiger charge is 2.51. The van der Waals surface area contributed by atoms with Crippen molar-refractivity contribution < 1.29 is 36.7 Å². The number of rotatable bonds is 2. The Bertz CT molecular complexity index is 1910. The Hall–Kier alpha value is -2.58. The molecule has 4 aromatic heterocycles. The average molecular weight is 691 g/mol. The molecule has 0 spiro atoms. The van der Waals surface area contributed by atoms with E-state index in [0.29, 0.717) is 6.42 Å². The Morgan fingerprint density at radius 2 is 1.82 bits per heavy atom. The van der Waals surface area contributed by atoms with Crippen LogP contribution in [0.5, 0.6) is 0 Å². The maximum atomic E-state index is 16.0. The minimum atomic E-state index is -4.07. The number of aromatic nitrogens is 8. The highest BCUT2D eigenvalue weighted by Crippen LogP contribution is 2.59.